The molecule has 1 aromatic rings. The maximum atomic E-state index is 11.4. The van der Waals surface area contributed by atoms with Gasteiger partial charge in [-0.05, 0) is 25.2 Å². The molecule has 6 nitrogen and oxygen atoms in total. The van der Waals surface area contributed by atoms with E-state index in [9.17, 15) is 13.0 Å². The SMILES string of the molecule is CC(C)CCC(CCOCC1COc2cscc2O1)S(=O)(=O)O.[Na]. The zero-order valence-corrected chi connectivity index (χ0v) is 18.1. The normalized spacial score (nSPS) is 18.2. The Kier molecular flexibility index (Phi) is 9.58. The number of ether oxygens (including phenoxy) is 3. The minimum atomic E-state index is -4.03. The molecule has 0 saturated carbocycles. The third kappa shape index (κ3) is 7.19. The van der Waals surface area contributed by atoms with Crippen molar-refractivity contribution in [3.63, 3.8) is 0 Å². The molecule has 0 aliphatic carbocycles. The van der Waals surface area contributed by atoms with E-state index in [1.807, 2.05) is 24.6 Å². The van der Waals surface area contributed by atoms with Gasteiger partial charge in [0.15, 0.2) is 17.6 Å². The summed E-state index contributed by atoms with van der Waals surface area (Å²) >= 11 is 1.51. The number of thiophene rings is 1. The first-order chi connectivity index (χ1) is 10.9. The predicted octanol–water partition coefficient (Wildman–Crippen LogP) is 2.61. The Morgan fingerprint density at radius 3 is 2.67 bits per heavy atom. The van der Waals surface area contributed by atoms with Gasteiger partial charge in [0.05, 0.1) is 11.9 Å². The molecule has 2 unspecified atom stereocenters. The molecule has 1 radical (unpaired) electrons. The van der Waals surface area contributed by atoms with Gasteiger partial charge in [-0.15, -0.1) is 11.3 Å². The van der Waals surface area contributed by atoms with Crippen molar-refractivity contribution in [3.05, 3.63) is 10.8 Å². The second kappa shape index (κ2) is 10.4. The molecule has 0 bridgehead atoms. The summed E-state index contributed by atoms with van der Waals surface area (Å²) in [5.74, 6) is 1.88. The Morgan fingerprint density at radius 2 is 2.00 bits per heavy atom. The van der Waals surface area contributed by atoms with Crippen LogP contribution < -0.4 is 9.47 Å². The van der Waals surface area contributed by atoms with Crippen molar-refractivity contribution < 1.29 is 27.2 Å². The standard InChI is InChI=1S/C15H24O6S2.Na/c1-11(2)3-4-13(23(16,17)18)5-6-19-7-12-8-20-14-9-22-10-15(14)21-12;/h9-13H,3-8H2,1-2H3,(H,16,17,18);. The molecule has 0 saturated heterocycles. The largest absolute Gasteiger partial charge is 0.485 e. The molecule has 9 heteroatoms. The van der Waals surface area contributed by atoms with E-state index in [1.165, 1.54) is 11.3 Å². The fourth-order valence-corrected chi connectivity index (χ4v) is 3.83. The van der Waals surface area contributed by atoms with Gasteiger partial charge in [0.1, 0.15) is 6.61 Å². The average Bonchev–Trinajstić information content (AvgIpc) is 2.92. The van der Waals surface area contributed by atoms with Crippen LogP contribution in [0.2, 0.25) is 0 Å². The first-order valence-corrected chi connectivity index (χ1v) is 10.2. The molecule has 2 atom stereocenters. The molecule has 0 spiro atoms. The van der Waals surface area contributed by atoms with Crippen LogP contribution in [-0.2, 0) is 14.9 Å². The topological polar surface area (TPSA) is 82.1 Å². The molecule has 0 aromatic carbocycles. The summed E-state index contributed by atoms with van der Waals surface area (Å²) in [7, 11) is -4.03. The number of rotatable bonds is 9. The van der Waals surface area contributed by atoms with E-state index in [1.54, 1.807) is 0 Å². The predicted molar refractivity (Wildman–Crippen MR) is 94.8 cm³/mol. The Bertz CT molecular complexity index is 587. The summed E-state index contributed by atoms with van der Waals surface area (Å²) in [4.78, 5) is 0. The van der Waals surface area contributed by atoms with E-state index in [0.717, 1.165) is 17.9 Å². The molecular weight excluding hydrogens is 363 g/mol. The van der Waals surface area contributed by atoms with Crippen molar-refractivity contribution in [2.45, 2.75) is 44.5 Å². The third-order valence-corrected chi connectivity index (χ3v) is 5.70. The molecule has 24 heavy (non-hydrogen) atoms. The van der Waals surface area contributed by atoms with Gasteiger partial charge >= 0.3 is 0 Å². The van der Waals surface area contributed by atoms with Gasteiger partial charge in [-0.1, -0.05) is 13.8 Å². The van der Waals surface area contributed by atoms with Gasteiger partial charge < -0.3 is 14.2 Å². The van der Waals surface area contributed by atoms with E-state index >= 15 is 0 Å². The van der Waals surface area contributed by atoms with Crippen LogP contribution >= 0.6 is 11.3 Å². The molecule has 133 valence electrons. The minimum absolute atomic E-state index is 0. The van der Waals surface area contributed by atoms with Gasteiger partial charge in [-0.2, -0.15) is 8.42 Å². The van der Waals surface area contributed by atoms with Crippen LogP contribution in [0.1, 0.15) is 33.1 Å². The summed E-state index contributed by atoms with van der Waals surface area (Å²) < 4.78 is 48.9. The van der Waals surface area contributed by atoms with Gasteiger partial charge in [-0.3, -0.25) is 4.55 Å². The summed E-state index contributed by atoms with van der Waals surface area (Å²) in [6, 6.07) is 0. The Hall–Kier alpha value is 0.170. The fraction of sp³-hybridized carbons (Fsp3) is 0.733. The van der Waals surface area contributed by atoms with Crippen LogP contribution in [0, 0.1) is 5.92 Å². The number of hydrogen-bond acceptors (Lipinski definition) is 6. The van der Waals surface area contributed by atoms with Gasteiger partial charge in [0.25, 0.3) is 10.1 Å². The molecule has 2 rings (SSSR count). The Balaban J connectivity index is 0.00000288. The Morgan fingerprint density at radius 1 is 1.29 bits per heavy atom. The Labute approximate surface area is 169 Å². The minimum Gasteiger partial charge on any atom is -0.485 e. The summed E-state index contributed by atoms with van der Waals surface area (Å²) in [5, 5.41) is 3.00. The number of fused-ring (bicyclic) bond motifs is 1. The van der Waals surface area contributed by atoms with E-state index in [2.05, 4.69) is 0 Å². The quantitative estimate of drug-likeness (QED) is 0.398. The maximum absolute atomic E-state index is 11.4. The van der Waals surface area contributed by atoms with Crippen LogP contribution in [0.3, 0.4) is 0 Å². The van der Waals surface area contributed by atoms with Crippen LogP contribution in [0.15, 0.2) is 10.8 Å². The summed E-state index contributed by atoms with van der Waals surface area (Å²) in [6.07, 6.45) is 1.28. The maximum Gasteiger partial charge on any atom is 0.267 e. The van der Waals surface area contributed by atoms with Crippen LogP contribution in [0.4, 0.5) is 0 Å². The van der Waals surface area contributed by atoms with Crippen molar-refractivity contribution in [1.82, 2.24) is 0 Å². The average molecular weight is 387 g/mol. The third-order valence-electron chi connectivity index (χ3n) is 3.69. The van der Waals surface area contributed by atoms with Crippen LogP contribution in [0.25, 0.3) is 0 Å². The van der Waals surface area contributed by atoms with Crippen LogP contribution in [0.5, 0.6) is 11.5 Å². The van der Waals surface area contributed by atoms with Crippen molar-refractivity contribution in [2.24, 2.45) is 5.92 Å². The van der Waals surface area contributed by atoms with E-state index < -0.39 is 15.4 Å². The van der Waals surface area contributed by atoms with Crippen LogP contribution in [-0.4, -0.2) is 73.7 Å². The van der Waals surface area contributed by atoms with E-state index in [0.29, 0.717) is 25.6 Å². The second-order valence-corrected chi connectivity index (χ2v) is 8.56. The van der Waals surface area contributed by atoms with Crippen molar-refractivity contribution in [2.75, 3.05) is 19.8 Å². The zero-order chi connectivity index (χ0) is 16.9. The summed E-state index contributed by atoms with van der Waals surface area (Å²) in [6.45, 7) is 5.06. The molecule has 0 amide bonds. The van der Waals surface area contributed by atoms with Crippen molar-refractivity contribution in [3.8, 4) is 11.5 Å². The molecule has 1 N–H and O–H groups in total. The molecule has 1 aliphatic heterocycles. The molecule has 2 heterocycles. The fourth-order valence-electron chi connectivity index (χ4n) is 2.33. The van der Waals surface area contributed by atoms with Crippen molar-refractivity contribution >= 4 is 51.0 Å². The van der Waals surface area contributed by atoms with E-state index in [4.69, 9.17) is 14.2 Å². The van der Waals surface area contributed by atoms with Gasteiger partial charge in [0, 0.05) is 46.9 Å². The molecule has 1 aromatic heterocycles. The molecule has 1 aliphatic rings. The summed E-state index contributed by atoms with van der Waals surface area (Å²) in [5.41, 5.74) is 0. The van der Waals surface area contributed by atoms with Gasteiger partial charge in [-0.25, -0.2) is 0 Å². The van der Waals surface area contributed by atoms with Crippen molar-refractivity contribution in [1.29, 1.82) is 0 Å². The number of hydrogen-bond donors (Lipinski definition) is 1. The molecular formula is C15H24NaO6S2. The first kappa shape index (κ1) is 22.2. The zero-order valence-electron chi connectivity index (χ0n) is 14.4. The monoisotopic (exact) mass is 387 g/mol. The van der Waals surface area contributed by atoms with Gasteiger partial charge in [0.2, 0.25) is 0 Å². The second-order valence-electron chi connectivity index (χ2n) is 6.12. The smallest absolute Gasteiger partial charge is 0.267 e. The first-order valence-electron chi connectivity index (χ1n) is 7.76. The van der Waals surface area contributed by atoms with E-state index in [-0.39, 0.29) is 48.7 Å². The molecule has 0 fully saturated rings.